The second-order valence-corrected chi connectivity index (χ2v) is 14.6. The lowest BCUT2D eigenvalue weighted by molar-refractivity contribution is -0.139. The van der Waals surface area contributed by atoms with Crippen LogP contribution in [0.25, 0.3) is 11.3 Å². The maximum absolute atomic E-state index is 15.3. The Morgan fingerprint density at radius 3 is 2.53 bits per heavy atom. The minimum Gasteiger partial charge on any atom is -0.447 e. The van der Waals surface area contributed by atoms with Crippen molar-refractivity contribution in [3.8, 4) is 11.3 Å². The molecular formula is C40H50F3N7O7. The van der Waals surface area contributed by atoms with Gasteiger partial charge in [0.2, 0.25) is 11.8 Å². The highest BCUT2D eigenvalue weighted by atomic mass is 19.1. The maximum atomic E-state index is 15.3. The molecule has 308 valence electrons. The fraction of sp³-hybridized carbons (Fsp3) is 0.525. The predicted molar refractivity (Wildman–Crippen MR) is 201 cm³/mol. The van der Waals surface area contributed by atoms with Crippen LogP contribution >= 0.6 is 0 Å². The molecule has 3 saturated heterocycles. The second kappa shape index (κ2) is 19.9. The highest BCUT2D eigenvalue weighted by Gasteiger charge is 2.40. The summed E-state index contributed by atoms with van der Waals surface area (Å²) in [5.74, 6) is -2.01. The third-order valence-corrected chi connectivity index (χ3v) is 10.4. The molecule has 5 amide bonds. The van der Waals surface area contributed by atoms with E-state index in [0.29, 0.717) is 45.0 Å². The molecule has 0 spiro atoms. The molecule has 0 aliphatic carbocycles. The van der Waals surface area contributed by atoms with Gasteiger partial charge >= 0.3 is 12.1 Å². The predicted octanol–water partition coefficient (Wildman–Crippen LogP) is 4.19. The molecule has 3 aliphatic heterocycles. The fourth-order valence-corrected chi connectivity index (χ4v) is 7.43. The molecule has 14 nitrogen and oxygen atoms in total. The lowest BCUT2D eigenvalue weighted by Gasteiger charge is -2.40. The zero-order valence-corrected chi connectivity index (χ0v) is 32.0. The highest BCUT2D eigenvalue weighted by Crippen LogP contribution is 2.38. The number of halogens is 3. The number of likely N-dealkylation sites (tertiary alicyclic amines) is 1. The number of benzene rings is 2. The Hall–Kier alpha value is -5.00. The number of rotatable bonds is 17. The van der Waals surface area contributed by atoms with Crippen molar-refractivity contribution in [2.24, 2.45) is 11.8 Å². The number of urea groups is 1. The zero-order valence-electron chi connectivity index (χ0n) is 32.0. The summed E-state index contributed by atoms with van der Waals surface area (Å²) in [6, 6.07) is 10.8. The Labute approximate surface area is 329 Å². The van der Waals surface area contributed by atoms with Crippen molar-refractivity contribution in [2.45, 2.75) is 57.4 Å². The van der Waals surface area contributed by atoms with Crippen LogP contribution in [-0.4, -0.2) is 121 Å². The van der Waals surface area contributed by atoms with Crippen molar-refractivity contribution in [1.82, 2.24) is 35.3 Å². The standard InChI is InChI=1S/C40H50F3N7O7/c1-26(25-57-40(54)45-13-17-56-18-14-49-35(51)9-10-36(49)52)46-39(53)50(23-29-20-44-21-33(29)43)37(28-11-15-55-16-12-28)38-47-34(31-19-30(41)7-8-32(31)42)24-48(38)22-27-5-3-2-4-6-27/h2-8,19,24,26,28-29,33,37,44H,9-18,20-23,25H2,1H3,(H,45,54)(H,46,53)/t26-,29-,33-,37+/m0/s1. The molecule has 0 bridgehead atoms. The molecule has 57 heavy (non-hydrogen) atoms. The molecule has 4 heterocycles. The summed E-state index contributed by atoms with van der Waals surface area (Å²) in [4.78, 5) is 58.1. The number of amides is 5. The lowest BCUT2D eigenvalue weighted by atomic mass is 9.89. The van der Waals surface area contributed by atoms with E-state index >= 15 is 8.78 Å². The largest absolute Gasteiger partial charge is 0.447 e. The Morgan fingerprint density at radius 1 is 1.05 bits per heavy atom. The van der Waals surface area contributed by atoms with Crippen LogP contribution in [0.3, 0.4) is 0 Å². The third-order valence-electron chi connectivity index (χ3n) is 10.4. The van der Waals surface area contributed by atoms with Crippen molar-refractivity contribution >= 4 is 23.9 Å². The van der Waals surface area contributed by atoms with Crippen molar-refractivity contribution in [3.63, 3.8) is 0 Å². The van der Waals surface area contributed by atoms with Crippen LogP contribution in [0.1, 0.15) is 50.0 Å². The van der Waals surface area contributed by atoms with Crippen LogP contribution in [0.4, 0.5) is 22.8 Å². The minimum atomic E-state index is -1.21. The number of nitrogens with zero attached hydrogens (tertiary/aromatic N) is 4. The van der Waals surface area contributed by atoms with Gasteiger partial charge in [-0.15, -0.1) is 0 Å². The molecule has 6 rings (SSSR count). The Kier molecular flexibility index (Phi) is 14.5. The SMILES string of the molecule is C[C@@H](COC(=O)NCCOCCN1C(=O)CCC1=O)NC(=O)N(C[C@@H]1CNC[C@@H]1F)[C@@H](c1nc(-c2cc(F)ccc2F)cn1Cc1ccccc1)C1CCOCC1. The van der Waals surface area contributed by atoms with E-state index in [1.165, 1.54) is 0 Å². The van der Waals surface area contributed by atoms with E-state index in [1.54, 1.807) is 18.0 Å². The van der Waals surface area contributed by atoms with Crippen LogP contribution in [0.5, 0.6) is 0 Å². The first-order valence-corrected chi connectivity index (χ1v) is 19.4. The van der Waals surface area contributed by atoms with Gasteiger partial charge < -0.3 is 39.6 Å². The van der Waals surface area contributed by atoms with Crippen LogP contribution in [0.15, 0.2) is 54.7 Å². The van der Waals surface area contributed by atoms with Gasteiger partial charge in [0.15, 0.2) is 0 Å². The lowest BCUT2D eigenvalue weighted by Crippen LogP contribution is -2.52. The van der Waals surface area contributed by atoms with Crippen LogP contribution in [0.2, 0.25) is 0 Å². The summed E-state index contributed by atoms with van der Waals surface area (Å²) >= 11 is 0. The number of carbonyl (C=O) groups is 4. The van der Waals surface area contributed by atoms with Gasteiger partial charge in [0.05, 0.1) is 37.5 Å². The van der Waals surface area contributed by atoms with Gasteiger partial charge in [-0.2, -0.15) is 0 Å². The van der Waals surface area contributed by atoms with Gasteiger partial charge in [0.25, 0.3) is 0 Å². The molecule has 0 radical (unpaired) electrons. The topological polar surface area (TPSA) is 156 Å². The van der Waals surface area contributed by atoms with Gasteiger partial charge in [-0.05, 0) is 49.4 Å². The van der Waals surface area contributed by atoms with Crippen LogP contribution < -0.4 is 16.0 Å². The van der Waals surface area contributed by atoms with Crippen molar-refractivity contribution in [2.75, 3.05) is 65.8 Å². The van der Waals surface area contributed by atoms with Crippen LogP contribution in [-0.2, 0) is 30.3 Å². The van der Waals surface area contributed by atoms with Gasteiger partial charge in [0.1, 0.15) is 30.2 Å². The van der Waals surface area contributed by atoms with Gasteiger partial charge in [-0.25, -0.2) is 27.7 Å². The Bertz CT molecular complexity index is 1830. The van der Waals surface area contributed by atoms with Crippen molar-refractivity contribution in [1.29, 1.82) is 0 Å². The molecule has 3 fully saturated rings. The first-order valence-electron chi connectivity index (χ1n) is 19.4. The summed E-state index contributed by atoms with van der Waals surface area (Å²) in [6.07, 6.45) is 1.25. The molecular weight excluding hydrogens is 747 g/mol. The zero-order chi connectivity index (χ0) is 40.3. The van der Waals surface area contributed by atoms with E-state index in [9.17, 15) is 23.6 Å². The van der Waals surface area contributed by atoms with E-state index in [4.69, 9.17) is 19.2 Å². The first kappa shape index (κ1) is 41.6. The molecule has 0 unspecified atom stereocenters. The van der Waals surface area contributed by atoms with E-state index < -0.39 is 47.9 Å². The number of ether oxygens (including phenoxy) is 3. The van der Waals surface area contributed by atoms with Crippen LogP contribution in [0, 0.1) is 23.5 Å². The second-order valence-electron chi connectivity index (χ2n) is 14.6. The van der Waals surface area contributed by atoms with Gasteiger partial charge in [-0.3, -0.25) is 14.5 Å². The number of carbonyl (C=O) groups excluding carboxylic acids is 4. The average molecular weight is 798 g/mol. The number of hydrogen-bond donors (Lipinski definition) is 3. The number of alkyl halides is 1. The fourth-order valence-electron chi connectivity index (χ4n) is 7.43. The van der Waals surface area contributed by atoms with Crippen molar-refractivity contribution in [3.05, 3.63) is 77.8 Å². The quantitative estimate of drug-likeness (QED) is 0.135. The van der Waals surface area contributed by atoms with E-state index in [1.807, 2.05) is 34.9 Å². The normalized spacial score (nSPS) is 19.8. The number of imide groups is 1. The van der Waals surface area contributed by atoms with E-state index in [0.717, 1.165) is 28.7 Å². The molecule has 1 aromatic heterocycles. The smallest absolute Gasteiger partial charge is 0.407 e. The number of aromatic nitrogens is 2. The summed E-state index contributed by atoms with van der Waals surface area (Å²) in [5, 5.41) is 8.57. The third kappa shape index (κ3) is 11.1. The maximum Gasteiger partial charge on any atom is 0.407 e. The average Bonchev–Trinajstić information content (AvgIpc) is 3.91. The Balaban J connectivity index is 1.18. The number of hydrogen-bond acceptors (Lipinski definition) is 9. The van der Waals surface area contributed by atoms with Crippen molar-refractivity contribution < 1.29 is 46.6 Å². The molecule has 17 heteroatoms. The molecule has 4 atom stereocenters. The molecule has 3 aromatic rings. The monoisotopic (exact) mass is 797 g/mol. The Morgan fingerprint density at radius 2 is 1.81 bits per heavy atom. The summed E-state index contributed by atoms with van der Waals surface area (Å²) in [5.41, 5.74) is 1.08. The summed E-state index contributed by atoms with van der Waals surface area (Å²) < 4.78 is 63.3. The molecule has 0 saturated carbocycles. The molecule has 2 aromatic carbocycles. The van der Waals surface area contributed by atoms with Gasteiger partial charge in [-0.1, -0.05) is 30.3 Å². The molecule has 3 N–H and O–H groups in total. The number of alkyl carbamates (subject to hydrolysis) is 1. The van der Waals surface area contributed by atoms with E-state index in [2.05, 4.69) is 16.0 Å². The molecule has 3 aliphatic rings. The highest BCUT2D eigenvalue weighted by molar-refractivity contribution is 6.01. The number of imidazole rings is 1. The summed E-state index contributed by atoms with van der Waals surface area (Å²) in [6.45, 7) is 3.71. The number of nitrogens with one attached hydrogen (secondary N) is 3. The van der Waals surface area contributed by atoms with Gasteiger partial charge in [0, 0.05) is 76.5 Å². The van der Waals surface area contributed by atoms with E-state index in [-0.39, 0.29) is 87.8 Å². The summed E-state index contributed by atoms with van der Waals surface area (Å²) in [7, 11) is 0. The first-order chi connectivity index (χ1) is 27.6. The minimum absolute atomic E-state index is 0.0258.